The van der Waals surface area contributed by atoms with E-state index >= 15 is 0 Å². The van der Waals surface area contributed by atoms with E-state index in [1.165, 1.54) is 12.0 Å². The molecule has 0 fully saturated rings. The number of methoxy groups -OCH3 is 3. The zero-order valence-corrected chi connectivity index (χ0v) is 21.8. The molecule has 0 unspecified atom stereocenters. The number of anilines is 1. The van der Waals surface area contributed by atoms with Crippen LogP contribution in [0.5, 0.6) is 11.5 Å². The molecule has 10 heteroatoms. The van der Waals surface area contributed by atoms with Gasteiger partial charge in [-0.05, 0) is 60.5 Å². The third-order valence-corrected chi connectivity index (χ3v) is 5.84. The molecule has 1 heterocycles. The van der Waals surface area contributed by atoms with Crippen LogP contribution in [-0.4, -0.2) is 69.3 Å². The van der Waals surface area contributed by atoms with E-state index in [1.54, 1.807) is 61.8 Å². The molecule has 38 heavy (non-hydrogen) atoms. The van der Waals surface area contributed by atoms with Crippen LogP contribution < -0.4 is 14.8 Å². The summed E-state index contributed by atoms with van der Waals surface area (Å²) in [5, 5.41) is 11.8. The molecule has 3 rings (SSSR count). The van der Waals surface area contributed by atoms with E-state index in [0.29, 0.717) is 41.5 Å². The smallest absolute Gasteiger partial charge is 0.322 e. The summed E-state index contributed by atoms with van der Waals surface area (Å²) in [5.41, 5.74) is 1.97. The molecule has 3 aromatic rings. The van der Waals surface area contributed by atoms with Crippen molar-refractivity contribution in [2.75, 3.05) is 52.9 Å². The summed E-state index contributed by atoms with van der Waals surface area (Å²) in [4.78, 5) is 29.6. The third kappa shape index (κ3) is 8.01. The Balaban J connectivity index is 1.73. The third-order valence-electron chi connectivity index (χ3n) is 5.84. The maximum Gasteiger partial charge on any atom is 0.322 e. The number of carbonyl (C=O) groups excluding carboxylic acids is 2. The van der Waals surface area contributed by atoms with E-state index in [4.69, 9.17) is 23.9 Å². The molecule has 0 saturated carbocycles. The molecule has 1 aromatic heterocycles. The van der Waals surface area contributed by atoms with Gasteiger partial charge in [0.25, 0.3) is 0 Å². The summed E-state index contributed by atoms with van der Waals surface area (Å²) < 4.78 is 21.3. The second-order valence-electron chi connectivity index (χ2n) is 8.37. The van der Waals surface area contributed by atoms with Crippen LogP contribution in [-0.2, 0) is 22.5 Å². The van der Waals surface area contributed by atoms with Gasteiger partial charge < -0.3 is 33.7 Å². The van der Waals surface area contributed by atoms with Crippen LogP contribution in [0.1, 0.15) is 16.9 Å². The summed E-state index contributed by atoms with van der Waals surface area (Å²) in [7, 11) is 4.69. The molecule has 0 saturated heterocycles. The van der Waals surface area contributed by atoms with Crippen molar-refractivity contribution in [1.82, 2.24) is 9.80 Å². The molecular formula is C28H32N4O6. The van der Waals surface area contributed by atoms with Crippen molar-refractivity contribution in [3.63, 3.8) is 0 Å². The molecule has 0 spiro atoms. The highest BCUT2D eigenvalue weighted by molar-refractivity contribution is 5.92. The summed E-state index contributed by atoms with van der Waals surface area (Å²) in [6, 6.07) is 17.3. The summed E-state index contributed by atoms with van der Waals surface area (Å²) in [6.07, 6.45) is 2.12. The molecule has 0 aliphatic carbocycles. The quantitative estimate of drug-likeness (QED) is 0.363. The van der Waals surface area contributed by atoms with Crippen LogP contribution in [0.15, 0.2) is 65.3 Å². The number of hydrogen-bond donors (Lipinski definition) is 1. The molecule has 10 nitrogen and oxygen atoms in total. The van der Waals surface area contributed by atoms with Crippen molar-refractivity contribution < 1.29 is 28.2 Å². The average molecular weight is 521 g/mol. The molecule has 200 valence electrons. The summed E-state index contributed by atoms with van der Waals surface area (Å²) in [6.45, 7) is 0.976. The van der Waals surface area contributed by atoms with Gasteiger partial charge in [0.15, 0.2) is 11.5 Å². The number of hydrogen-bond acceptors (Lipinski definition) is 7. The van der Waals surface area contributed by atoms with Crippen LogP contribution in [0.4, 0.5) is 10.5 Å². The van der Waals surface area contributed by atoms with E-state index in [2.05, 4.69) is 5.32 Å². The van der Waals surface area contributed by atoms with Gasteiger partial charge in [0.2, 0.25) is 5.91 Å². The fourth-order valence-corrected chi connectivity index (χ4v) is 3.73. The molecule has 2 aromatic carbocycles. The van der Waals surface area contributed by atoms with Gasteiger partial charge in [0.05, 0.1) is 45.3 Å². The van der Waals surface area contributed by atoms with Crippen molar-refractivity contribution in [2.45, 2.75) is 13.0 Å². The molecule has 1 N–H and O–H groups in total. The number of amides is 3. The number of ether oxygens (including phenoxy) is 3. The van der Waals surface area contributed by atoms with Gasteiger partial charge in [-0.1, -0.05) is 6.07 Å². The Kier molecular flexibility index (Phi) is 10.6. The van der Waals surface area contributed by atoms with Gasteiger partial charge >= 0.3 is 6.03 Å². The predicted molar refractivity (Wildman–Crippen MR) is 141 cm³/mol. The molecule has 0 bridgehead atoms. The fraction of sp³-hybridized carbons (Fsp3) is 0.321. The van der Waals surface area contributed by atoms with E-state index in [1.807, 2.05) is 24.3 Å². The number of urea groups is 1. The maximum atomic E-state index is 13.5. The van der Waals surface area contributed by atoms with Gasteiger partial charge in [-0.2, -0.15) is 5.26 Å². The molecular weight excluding hydrogens is 488 g/mol. The van der Waals surface area contributed by atoms with E-state index in [9.17, 15) is 9.59 Å². The lowest BCUT2D eigenvalue weighted by Gasteiger charge is -2.27. The average Bonchev–Trinajstić information content (AvgIpc) is 3.46. The zero-order chi connectivity index (χ0) is 27.3. The monoisotopic (exact) mass is 520 g/mol. The van der Waals surface area contributed by atoms with Crippen molar-refractivity contribution in [3.8, 4) is 17.6 Å². The first kappa shape index (κ1) is 28.1. The Morgan fingerprint density at radius 1 is 0.974 bits per heavy atom. The minimum absolute atomic E-state index is 0.155. The van der Waals surface area contributed by atoms with E-state index in [0.717, 1.165) is 5.56 Å². The van der Waals surface area contributed by atoms with Crippen molar-refractivity contribution >= 4 is 17.6 Å². The summed E-state index contributed by atoms with van der Waals surface area (Å²) >= 11 is 0. The lowest BCUT2D eigenvalue weighted by Crippen LogP contribution is -2.46. The number of benzene rings is 2. The predicted octanol–water partition coefficient (Wildman–Crippen LogP) is 3.92. The first-order chi connectivity index (χ1) is 18.5. The van der Waals surface area contributed by atoms with Gasteiger partial charge in [-0.25, -0.2) is 4.79 Å². The lowest BCUT2D eigenvalue weighted by molar-refractivity contribution is -0.132. The largest absolute Gasteiger partial charge is 0.493 e. The minimum Gasteiger partial charge on any atom is -0.493 e. The minimum atomic E-state index is -0.446. The van der Waals surface area contributed by atoms with Crippen LogP contribution in [0.3, 0.4) is 0 Å². The maximum absolute atomic E-state index is 13.5. The van der Waals surface area contributed by atoms with Gasteiger partial charge in [0.1, 0.15) is 12.3 Å². The topological polar surface area (TPSA) is 117 Å². The molecule has 0 radical (unpaired) electrons. The first-order valence-corrected chi connectivity index (χ1v) is 12.0. The number of furan rings is 1. The van der Waals surface area contributed by atoms with Crippen molar-refractivity contribution in [1.29, 1.82) is 5.26 Å². The Morgan fingerprint density at radius 3 is 2.37 bits per heavy atom. The second kappa shape index (κ2) is 14.3. The van der Waals surface area contributed by atoms with E-state index in [-0.39, 0.29) is 32.1 Å². The molecule has 0 atom stereocenters. The normalized spacial score (nSPS) is 10.4. The number of nitriles is 1. The van der Waals surface area contributed by atoms with Gasteiger partial charge in [0, 0.05) is 25.9 Å². The van der Waals surface area contributed by atoms with Crippen LogP contribution in [0.2, 0.25) is 0 Å². The van der Waals surface area contributed by atoms with Gasteiger partial charge in [-0.3, -0.25) is 4.79 Å². The molecule has 3 amide bonds. The lowest BCUT2D eigenvalue weighted by atomic mass is 10.1. The van der Waals surface area contributed by atoms with Crippen LogP contribution >= 0.6 is 0 Å². The SMILES string of the molecule is COCCN(CC(=O)N(CCc1ccc(OC)c(OC)c1)Cc1ccco1)C(=O)Nc1ccc(C#N)cc1. The fourth-order valence-electron chi connectivity index (χ4n) is 3.73. The Labute approximate surface area is 222 Å². The highest BCUT2D eigenvalue weighted by Crippen LogP contribution is 2.27. The number of nitrogens with one attached hydrogen (secondary N) is 1. The Hall–Kier alpha value is -4.49. The van der Waals surface area contributed by atoms with Crippen LogP contribution in [0.25, 0.3) is 0 Å². The Morgan fingerprint density at radius 2 is 1.74 bits per heavy atom. The highest BCUT2D eigenvalue weighted by atomic mass is 16.5. The standard InChI is InChI=1S/C28H32N4O6/c1-35-16-14-32(28(34)30-23-9-6-22(18-29)7-10-23)20-27(33)31(19-24-5-4-15-38-24)13-12-21-8-11-25(36-2)26(17-21)37-3/h4-11,15,17H,12-14,16,19-20H2,1-3H3,(H,30,34). The number of carbonyl (C=O) groups is 2. The van der Waals surface area contributed by atoms with Crippen molar-refractivity contribution in [3.05, 3.63) is 77.7 Å². The van der Waals surface area contributed by atoms with Crippen molar-refractivity contribution in [2.24, 2.45) is 0 Å². The number of rotatable bonds is 13. The molecule has 0 aliphatic heterocycles. The van der Waals surface area contributed by atoms with Gasteiger partial charge in [-0.15, -0.1) is 0 Å². The Bertz CT molecular complexity index is 1220. The van der Waals surface area contributed by atoms with E-state index < -0.39 is 6.03 Å². The van der Waals surface area contributed by atoms with Crippen LogP contribution in [0, 0.1) is 11.3 Å². The molecule has 0 aliphatic rings. The summed E-state index contributed by atoms with van der Waals surface area (Å²) in [5.74, 6) is 1.63. The zero-order valence-electron chi connectivity index (χ0n) is 21.8. The number of nitrogens with zero attached hydrogens (tertiary/aromatic N) is 3. The first-order valence-electron chi connectivity index (χ1n) is 12.0. The highest BCUT2D eigenvalue weighted by Gasteiger charge is 2.22. The second-order valence-corrected chi connectivity index (χ2v) is 8.37.